The molecular weight excluding hydrogens is 368 g/mol. The normalized spacial score (nSPS) is 24.3. The van der Waals surface area contributed by atoms with Crippen LogP contribution >= 0.6 is 0 Å². The Kier molecular flexibility index (Phi) is 5.09. The van der Waals surface area contributed by atoms with E-state index in [2.05, 4.69) is 20.9 Å². The van der Waals surface area contributed by atoms with Crippen LogP contribution in [-0.4, -0.2) is 87.2 Å². The number of nitrogens with zero attached hydrogens (tertiary/aromatic N) is 4. The molecule has 1 saturated heterocycles. The molecule has 4 rings (SSSR count). The molecular formula is C17H22N6O5. The lowest BCUT2D eigenvalue weighted by Crippen LogP contribution is -2.44. The molecule has 3 amide bonds. The van der Waals surface area contributed by atoms with E-state index in [0.717, 1.165) is 12.8 Å². The number of aliphatic hydroxyl groups excluding tert-OH is 1. The number of aliphatic hydroxyl groups is 1. The van der Waals surface area contributed by atoms with E-state index in [1.807, 2.05) is 12.2 Å². The van der Waals surface area contributed by atoms with Gasteiger partial charge in [0.2, 0.25) is 5.91 Å². The van der Waals surface area contributed by atoms with Gasteiger partial charge in [0.05, 0.1) is 24.8 Å². The molecule has 0 aromatic carbocycles. The van der Waals surface area contributed by atoms with Gasteiger partial charge in [0.15, 0.2) is 11.4 Å². The molecule has 2 aliphatic heterocycles. The van der Waals surface area contributed by atoms with Gasteiger partial charge < -0.3 is 25.4 Å². The molecule has 0 spiro atoms. The number of hydrogen-bond acceptors (Lipinski definition) is 7. The van der Waals surface area contributed by atoms with Gasteiger partial charge in [0.1, 0.15) is 6.61 Å². The predicted octanol–water partition coefficient (Wildman–Crippen LogP) is -1.94. The lowest BCUT2D eigenvalue weighted by atomic mass is 10.2. The lowest BCUT2D eigenvalue weighted by Gasteiger charge is -2.18. The van der Waals surface area contributed by atoms with Crippen molar-refractivity contribution in [2.45, 2.75) is 37.6 Å². The van der Waals surface area contributed by atoms with Crippen molar-refractivity contribution < 1.29 is 24.2 Å². The second kappa shape index (κ2) is 7.68. The average molecular weight is 390 g/mol. The van der Waals surface area contributed by atoms with Crippen molar-refractivity contribution >= 4 is 17.7 Å². The molecule has 1 aromatic heterocycles. The fourth-order valence-electron chi connectivity index (χ4n) is 3.58. The van der Waals surface area contributed by atoms with Gasteiger partial charge in [0.25, 0.3) is 11.8 Å². The van der Waals surface area contributed by atoms with Crippen LogP contribution in [-0.2, 0) is 16.1 Å². The molecule has 1 aliphatic carbocycles. The van der Waals surface area contributed by atoms with Gasteiger partial charge in [0, 0.05) is 19.6 Å². The number of ether oxygens (including phenoxy) is 1. The van der Waals surface area contributed by atoms with Crippen LogP contribution in [0.3, 0.4) is 0 Å². The van der Waals surface area contributed by atoms with E-state index in [1.165, 1.54) is 9.58 Å². The van der Waals surface area contributed by atoms with Gasteiger partial charge >= 0.3 is 0 Å². The minimum absolute atomic E-state index is 0.0257. The average Bonchev–Trinajstić information content (AvgIpc) is 3.40. The van der Waals surface area contributed by atoms with Crippen LogP contribution < -0.4 is 10.6 Å². The second-order valence-corrected chi connectivity index (χ2v) is 7.09. The molecule has 3 aliphatic rings. The summed E-state index contributed by atoms with van der Waals surface area (Å²) in [5, 5.41) is 23.2. The Labute approximate surface area is 160 Å². The lowest BCUT2D eigenvalue weighted by molar-refractivity contribution is -0.137. The molecule has 28 heavy (non-hydrogen) atoms. The van der Waals surface area contributed by atoms with E-state index in [0.29, 0.717) is 13.1 Å². The highest BCUT2D eigenvalue weighted by atomic mass is 16.5. The molecule has 11 heteroatoms. The van der Waals surface area contributed by atoms with Crippen molar-refractivity contribution in [1.82, 2.24) is 30.5 Å². The number of likely N-dealkylation sites (tertiary alicyclic amines) is 1. The highest BCUT2D eigenvalue weighted by Gasteiger charge is 2.37. The fraction of sp³-hybridized carbons (Fsp3) is 0.588. The summed E-state index contributed by atoms with van der Waals surface area (Å²) in [5.41, 5.74) is 0.00832. The molecule has 2 atom stereocenters. The first-order valence-electron chi connectivity index (χ1n) is 9.28. The van der Waals surface area contributed by atoms with Gasteiger partial charge in [-0.2, -0.15) is 0 Å². The number of β-amino-alcohol motifs (C(OH)–C–C–N with tert-alkyl or cyclic N) is 1. The zero-order chi connectivity index (χ0) is 19.7. The highest BCUT2D eigenvalue weighted by molar-refractivity contribution is 6.05. The van der Waals surface area contributed by atoms with Crippen LogP contribution in [0.5, 0.6) is 0 Å². The SMILES string of the molecule is O=C(N[C@@H]1CN(C(=O)COC2CC=CC2)C[C@H]1O)c1nnn2c1C(=O)NCC2. The van der Waals surface area contributed by atoms with Gasteiger partial charge in [-0.15, -0.1) is 5.10 Å². The Morgan fingerprint density at radius 3 is 2.89 bits per heavy atom. The minimum Gasteiger partial charge on any atom is -0.389 e. The maximum atomic E-state index is 12.5. The van der Waals surface area contributed by atoms with E-state index in [1.54, 1.807) is 0 Å². The van der Waals surface area contributed by atoms with Crippen LogP contribution in [0.25, 0.3) is 0 Å². The third kappa shape index (κ3) is 3.62. The second-order valence-electron chi connectivity index (χ2n) is 7.09. The summed E-state index contributed by atoms with van der Waals surface area (Å²) < 4.78 is 6.95. The van der Waals surface area contributed by atoms with Gasteiger partial charge in [-0.3, -0.25) is 14.4 Å². The third-order valence-corrected chi connectivity index (χ3v) is 5.14. The molecule has 11 nitrogen and oxygen atoms in total. The van der Waals surface area contributed by atoms with Crippen molar-refractivity contribution in [3.8, 4) is 0 Å². The zero-order valence-electron chi connectivity index (χ0n) is 15.2. The summed E-state index contributed by atoms with van der Waals surface area (Å²) in [6.07, 6.45) is 4.74. The summed E-state index contributed by atoms with van der Waals surface area (Å²) in [6.45, 7) is 1.07. The first-order chi connectivity index (χ1) is 13.5. The Morgan fingerprint density at radius 1 is 1.32 bits per heavy atom. The van der Waals surface area contributed by atoms with Crippen LogP contribution in [0.4, 0.5) is 0 Å². The fourth-order valence-corrected chi connectivity index (χ4v) is 3.58. The van der Waals surface area contributed by atoms with Crippen LogP contribution in [0.1, 0.15) is 33.8 Å². The van der Waals surface area contributed by atoms with Crippen molar-refractivity contribution in [3.63, 3.8) is 0 Å². The van der Waals surface area contributed by atoms with Crippen molar-refractivity contribution in [1.29, 1.82) is 0 Å². The van der Waals surface area contributed by atoms with Gasteiger partial charge in [-0.1, -0.05) is 17.4 Å². The summed E-state index contributed by atoms with van der Waals surface area (Å²) in [7, 11) is 0. The quantitative estimate of drug-likeness (QED) is 0.497. The largest absolute Gasteiger partial charge is 0.389 e. The molecule has 1 fully saturated rings. The van der Waals surface area contributed by atoms with Crippen LogP contribution in [0.15, 0.2) is 12.2 Å². The summed E-state index contributed by atoms with van der Waals surface area (Å²) in [5.74, 6) is -1.25. The molecule has 3 N–H and O–H groups in total. The van der Waals surface area contributed by atoms with E-state index < -0.39 is 24.0 Å². The van der Waals surface area contributed by atoms with E-state index >= 15 is 0 Å². The Hall–Kier alpha value is -2.79. The number of nitrogens with one attached hydrogen (secondary N) is 2. The van der Waals surface area contributed by atoms with Gasteiger partial charge in [-0.25, -0.2) is 4.68 Å². The molecule has 150 valence electrons. The smallest absolute Gasteiger partial charge is 0.274 e. The predicted molar refractivity (Wildman–Crippen MR) is 94.3 cm³/mol. The molecule has 0 saturated carbocycles. The monoisotopic (exact) mass is 390 g/mol. The highest BCUT2D eigenvalue weighted by Crippen LogP contribution is 2.16. The number of rotatable bonds is 5. The maximum Gasteiger partial charge on any atom is 0.274 e. The molecule has 3 heterocycles. The Bertz CT molecular complexity index is 813. The maximum absolute atomic E-state index is 12.5. The molecule has 0 radical (unpaired) electrons. The number of hydrogen-bond donors (Lipinski definition) is 3. The summed E-state index contributed by atoms with van der Waals surface area (Å²) in [6, 6.07) is -0.659. The molecule has 0 bridgehead atoms. The van der Waals surface area contributed by atoms with Crippen molar-refractivity contribution in [2.24, 2.45) is 0 Å². The Balaban J connectivity index is 1.34. The van der Waals surface area contributed by atoms with Crippen LogP contribution in [0.2, 0.25) is 0 Å². The zero-order valence-corrected chi connectivity index (χ0v) is 15.2. The van der Waals surface area contributed by atoms with Crippen molar-refractivity contribution in [3.05, 3.63) is 23.5 Å². The van der Waals surface area contributed by atoms with Crippen molar-refractivity contribution in [2.75, 3.05) is 26.2 Å². The number of fused-ring (bicyclic) bond motifs is 1. The van der Waals surface area contributed by atoms with E-state index in [9.17, 15) is 19.5 Å². The van der Waals surface area contributed by atoms with E-state index in [-0.39, 0.29) is 43.1 Å². The first kappa shape index (κ1) is 18.6. The topological polar surface area (TPSA) is 139 Å². The van der Waals surface area contributed by atoms with E-state index in [4.69, 9.17) is 4.74 Å². The summed E-state index contributed by atoms with van der Waals surface area (Å²) in [4.78, 5) is 38.3. The Morgan fingerprint density at radius 2 is 2.11 bits per heavy atom. The van der Waals surface area contributed by atoms with Crippen LogP contribution in [0, 0.1) is 0 Å². The number of aromatic nitrogens is 3. The minimum atomic E-state index is -0.915. The van der Waals surface area contributed by atoms with Gasteiger partial charge in [-0.05, 0) is 12.8 Å². The number of carbonyl (C=O) groups excluding carboxylic acids is 3. The molecule has 1 aromatic rings. The standard InChI is InChI=1S/C17H22N6O5/c24-12-8-22(13(25)9-28-10-3-1-2-4-10)7-11(12)19-16(26)14-15-17(27)18-5-6-23(15)21-20-14/h1-2,10-12,24H,3-9H2,(H,18,27)(H,19,26)/t11-,12-/m1/s1. The number of amides is 3. The third-order valence-electron chi connectivity index (χ3n) is 5.14. The first-order valence-corrected chi connectivity index (χ1v) is 9.28. The number of carbonyl (C=O) groups is 3. The summed E-state index contributed by atoms with van der Waals surface area (Å²) >= 11 is 0. The molecule has 0 unspecified atom stereocenters.